The van der Waals surface area contributed by atoms with Crippen LogP contribution in [0.3, 0.4) is 0 Å². The molecule has 2 aliphatic heterocycles. The van der Waals surface area contributed by atoms with Gasteiger partial charge in [-0.3, -0.25) is 9.69 Å². The molecular formula is C22H17ClN6O2. The van der Waals surface area contributed by atoms with Crippen LogP contribution in [0.1, 0.15) is 21.5 Å². The van der Waals surface area contributed by atoms with Crippen molar-refractivity contribution in [3.8, 4) is 5.88 Å². The van der Waals surface area contributed by atoms with E-state index in [9.17, 15) is 4.79 Å². The van der Waals surface area contributed by atoms with Crippen LogP contribution in [-0.4, -0.2) is 29.2 Å². The van der Waals surface area contributed by atoms with Crippen molar-refractivity contribution < 1.29 is 9.53 Å². The second-order valence-electron chi connectivity index (χ2n) is 7.17. The summed E-state index contributed by atoms with van der Waals surface area (Å²) in [5.74, 6) is 0.156. The number of rotatable bonds is 3. The standard InChI is InChI=1S/C22H17ClN6O2/c1-24-18-4-2-3-17(23)19(18)29-12-31-20-16(21(29)30)11-26-22(28-20)27-15-6-5-13-7-8-25-10-14(13)9-15/h2-6,9,11,25H,7-8,10,12H2,(H,26,27,28). The zero-order valence-corrected chi connectivity index (χ0v) is 17.1. The van der Waals surface area contributed by atoms with Crippen LogP contribution in [0.5, 0.6) is 5.88 Å². The molecule has 3 heterocycles. The van der Waals surface area contributed by atoms with Gasteiger partial charge in [-0.1, -0.05) is 29.8 Å². The summed E-state index contributed by atoms with van der Waals surface area (Å²) >= 11 is 6.26. The van der Waals surface area contributed by atoms with Crippen LogP contribution in [0.15, 0.2) is 42.6 Å². The SMILES string of the molecule is [C-]#[N+]c1cccc(Cl)c1N1COc2nc(Nc3ccc4c(c3)CNCC4)ncc2C1=O. The molecule has 0 saturated carbocycles. The molecule has 2 aliphatic rings. The zero-order chi connectivity index (χ0) is 21.4. The van der Waals surface area contributed by atoms with Gasteiger partial charge in [0.15, 0.2) is 6.73 Å². The number of para-hydroxylation sites is 1. The minimum Gasteiger partial charge on any atom is -0.455 e. The largest absolute Gasteiger partial charge is 0.455 e. The molecule has 0 spiro atoms. The lowest BCUT2D eigenvalue weighted by Gasteiger charge is -2.29. The Morgan fingerprint density at radius 2 is 2.16 bits per heavy atom. The van der Waals surface area contributed by atoms with Gasteiger partial charge in [-0.25, -0.2) is 9.83 Å². The molecule has 31 heavy (non-hydrogen) atoms. The first-order valence-electron chi connectivity index (χ1n) is 9.71. The number of carbonyl (C=O) groups is 1. The summed E-state index contributed by atoms with van der Waals surface area (Å²) in [6, 6.07) is 11.1. The van der Waals surface area contributed by atoms with Crippen molar-refractivity contribution in [3.05, 3.63) is 75.7 Å². The summed E-state index contributed by atoms with van der Waals surface area (Å²) in [6.45, 7) is 9.08. The maximum Gasteiger partial charge on any atom is 0.267 e. The highest BCUT2D eigenvalue weighted by molar-refractivity contribution is 6.35. The number of nitrogens with one attached hydrogen (secondary N) is 2. The van der Waals surface area contributed by atoms with E-state index in [0.717, 1.165) is 25.2 Å². The summed E-state index contributed by atoms with van der Waals surface area (Å²) < 4.78 is 5.73. The maximum absolute atomic E-state index is 13.0. The third-order valence-electron chi connectivity index (χ3n) is 5.26. The first kappa shape index (κ1) is 19.3. The number of carbonyl (C=O) groups excluding carboxylic acids is 1. The molecule has 2 N–H and O–H groups in total. The predicted molar refractivity (Wildman–Crippen MR) is 117 cm³/mol. The first-order valence-corrected chi connectivity index (χ1v) is 10.1. The number of nitrogens with zero attached hydrogens (tertiary/aromatic N) is 4. The minimum absolute atomic E-state index is 0.0982. The molecule has 0 saturated heterocycles. The number of anilines is 3. The number of ether oxygens (including phenoxy) is 1. The molecule has 8 nitrogen and oxygen atoms in total. The third-order valence-corrected chi connectivity index (χ3v) is 5.57. The summed E-state index contributed by atoms with van der Waals surface area (Å²) in [6.07, 6.45) is 2.44. The average Bonchev–Trinajstić information content (AvgIpc) is 2.79. The van der Waals surface area contributed by atoms with Gasteiger partial charge in [0, 0.05) is 18.4 Å². The monoisotopic (exact) mass is 432 g/mol. The van der Waals surface area contributed by atoms with Gasteiger partial charge in [0.2, 0.25) is 17.5 Å². The smallest absolute Gasteiger partial charge is 0.267 e. The second kappa shape index (κ2) is 7.87. The second-order valence-corrected chi connectivity index (χ2v) is 7.58. The Morgan fingerprint density at radius 1 is 1.26 bits per heavy atom. The average molecular weight is 433 g/mol. The predicted octanol–water partition coefficient (Wildman–Crippen LogP) is 4.07. The molecule has 2 aromatic carbocycles. The Hall–Kier alpha value is -3.67. The van der Waals surface area contributed by atoms with Crippen molar-refractivity contribution in [2.75, 3.05) is 23.5 Å². The van der Waals surface area contributed by atoms with Gasteiger partial charge in [-0.2, -0.15) is 4.98 Å². The van der Waals surface area contributed by atoms with E-state index in [0.29, 0.717) is 16.7 Å². The number of halogens is 1. The molecule has 1 amide bonds. The molecule has 154 valence electrons. The van der Waals surface area contributed by atoms with E-state index < -0.39 is 0 Å². The summed E-state index contributed by atoms with van der Waals surface area (Å²) in [5.41, 5.74) is 4.24. The van der Waals surface area contributed by atoms with Gasteiger partial charge in [-0.15, -0.1) is 0 Å². The fourth-order valence-electron chi connectivity index (χ4n) is 3.73. The van der Waals surface area contributed by atoms with Gasteiger partial charge < -0.3 is 15.4 Å². The molecule has 0 fully saturated rings. The molecule has 1 aromatic heterocycles. The number of hydrogen-bond acceptors (Lipinski definition) is 6. The van der Waals surface area contributed by atoms with Gasteiger partial charge in [0.25, 0.3) is 5.91 Å². The summed E-state index contributed by atoms with van der Waals surface area (Å²) in [4.78, 5) is 26.5. The number of aromatic nitrogens is 2. The van der Waals surface area contributed by atoms with Crippen LogP contribution in [0.4, 0.5) is 23.0 Å². The molecular weight excluding hydrogens is 416 g/mol. The fourth-order valence-corrected chi connectivity index (χ4v) is 4.00. The minimum atomic E-state index is -0.370. The molecule has 0 bridgehead atoms. The van der Waals surface area contributed by atoms with Crippen molar-refractivity contribution in [1.29, 1.82) is 0 Å². The lowest BCUT2D eigenvalue weighted by molar-refractivity contribution is 0.0933. The van der Waals surface area contributed by atoms with E-state index >= 15 is 0 Å². The maximum atomic E-state index is 13.0. The normalized spacial score (nSPS) is 14.8. The Kier molecular flexibility index (Phi) is 4.90. The Morgan fingerprint density at radius 3 is 3.03 bits per heavy atom. The summed E-state index contributed by atoms with van der Waals surface area (Å²) in [7, 11) is 0. The van der Waals surface area contributed by atoms with Crippen LogP contribution < -0.4 is 20.3 Å². The molecule has 3 aromatic rings. The van der Waals surface area contributed by atoms with Crippen molar-refractivity contribution in [3.63, 3.8) is 0 Å². The highest BCUT2D eigenvalue weighted by Gasteiger charge is 2.31. The molecule has 0 aliphatic carbocycles. The van der Waals surface area contributed by atoms with Gasteiger partial charge in [0.1, 0.15) is 5.56 Å². The Balaban J connectivity index is 1.41. The quantitative estimate of drug-likeness (QED) is 0.607. The van der Waals surface area contributed by atoms with Crippen LogP contribution >= 0.6 is 11.6 Å². The van der Waals surface area contributed by atoms with Crippen LogP contribution in [0, 0.1) is 6.57 Å². The lowest BCUT2D eigenvalue weighted by Crippen LogP contribution is -2.39. The van der Waals surface area contributed by atoms with Gasteiger partial charge in [-0.05, 0) is 42.3 Å². The topological polar surface area (TPSA) is 83.7 Å². The van der Waals surface area contributed by atoms with E-state index in [1.807, 2.05) is 6.07 Å². The molecule has 5 rings (SSSR count). The number of amides is 1. The van der Waals surface area contributed by atoms with Gasteiger partial charge in [0.05, 0.1) is 17.3 Å². The molecule has 0 atom stereocenters. The highest BCUT2D eigenvalue weighted by atomic mass is 35.5. The fraction of sp³-hybridized carbons (Fsp3) is 0.182. The summed E-state index contributed by atoms with van der Waals surface area (Å²) in [5, 5.41) is 6.83. The Labute approximate surface area is 183 Å². The lowest BCUT2D eigenvalue weighted by atomic mass is 10.0. The van der Waals surface area contributed by atoms with Crippen molar-refractivity contribution in [2.45, 2.75) is 13.0 Å². The third kappa shape index (κ3) is 3.54. The number of benzene rings is 2. The van der Waals surface area contributed by atoms with Crippen molar-refractivity contribution in [2.24, 2.45) is 0 Å². The number of hydrogen-bond donors (Lipinski definition) is 2. The first-order chi connectivity index (χ1) is 15.1. The van der Waals surface area contributed by atoms with E-state index in [4.69, 9.17) is 22.9 Å². The van der Waals surface area contributed by atoms with Gasteiger partial charge >= 0.3 is 0 Å². The van der Waals surface area contributed by atoms with Crippen molar-refractivity contribution >= 4 is 40.5 Å². The number of fused-ring (bicyclic) bond motifs is 2. The van der Waals surface area contributed by atoms with Crippen LogP contribution in [0.25, 0.3) is 4.85 Å². The highest BCUT2D eigenvalue weighted by Crippen LogP contribution is 2.39. The van der Waals surface area contributed by atoms with Crippen molar-refractivity contribution in [1.82, 2.24) is 15.3 Å². The van der Waals surface area contributed by atoms with Crippen LogP contribution in [-0.2, 0) is 13.0 Å². The van der Waals surface area contributed by atoms with E-state index in [1.54, 1.807) is 18.2 Å². The molecule has 9 heteroatoms. The zero-order valence-electron chi connectivity index (χ0n) is 16.4. The Bertz CT molecular complexity index is 1240. The molecule has 0 radical (unpaired) electrons. The van der Waals surface area contributed by atoms with E-state index in [1.165, 1.54) is 22.2 Å². The van der Waals surface area contributed by atoms with Crippen LogP contribution in [0.2, 0.25) is 5.02 Å². The van der Waals surface area contributed by atoms with E-state index in [-0.39, 0.29) is 29.8 Å². The van der Waals surface area contributed by atoms with E-state index in [2.05, 4.69) is 37.6 Å². The molecule has 0 unspecified atom stereocenters.